The minimum Gasteiger partial charge on any atom is -0.507 e. The Kier molecular flexibility index (Phi) is 7.17. The number of rotatable bonds is 8. The lowest BCUT2D eigenvalue weighted by Crippen LogP contribution is -2.29. The van der Waals surface area contributed by atoms with Crippen molar-refractivity contribution in [2.75, 3.05) is 18.1 Å². The molecule has 1 saturated heterocycles. The lowest BCUT2D eigenvalue weighted by Gasteiger charge is -2.24. The molecule has 0 saturated carbocycles. The lowest BCUT2D eigenvalue weighted by molar-refractivity contribution is -0.132. The van der Waals surface area contributed by atoms with Crippen LogP contribution >= 0.6 is 11.3 Å². The van der Waals surface area contributed by atoms with E-state index in [0.29, 0.717) is 39.4 Å². The number of aliphatic hydroxyl groups excluding tert-OH is 1. The van der Waals surface area contributed by atoms with Gasteiger partial charge < -0.3 is 14.6 Å². The van der Waals surface area contributed by atoms with Crippen LogP contribution in [0.1, 0.15) is 29.7 Å². The molecule has 1 unspecified atom stereocenters. The van der Waals surface area contributed by atoms with Gasteiger partial charge in [0, 0.05) is 5.56 Å². The van der Waals surface area contributed by atoms with E-state index >= 15 is 0 Å². The van der Waals surface area contributed by atoms with Crippen molar-refractivity contribution in [3.63, 3.8) is 0 Å². The van der Waals surface area contributed by atoms with Crippen LogP contribution in [0.4, 0.5) is 9.52 Å². The molecule has 0 radical (unpaired) electrons. The lowest BCUT2D eigenvalue weighted by atomic mass is 9.95. The van der Waals surface area contributed by atoms with Gasteiger partial charge in [-0.05, 0) is 49.7 Å². The van der Waals surface area contributed by atoms with Gasteiger partial charge in [0.1, 0.15) is 18.2 Å². The number of benzene rings is 3. The number of amides is 1. The van der Waals surface area contributed by atoms with Gasteiger partial charge in [0.15, 0.2) is 16.6 Å². The number of aliphatic hydroxyl groups is 1. The first-order valence-electron chi connectivity index (χ1n) is 12.3. The SMILES string of the molecule is C=CCOc1ccc(C2/C(=C(\O)c3ccc(C)cc3)C(=O)C(=O)N2c2nc3ccc(F)cc3s2)cc1OCC. The molecule has 0 spiro atoms. The van der Waals surface area contributed by atoms with E-state index in [1.165, 1.54) is 23.1 Å². The largest absolute Gasteiger partial charge is 0.507 e. The van der Waals surface area contributed by atoms with Crippen molar-refractivity contribution < 1.29 is 28.6 Å². The highest BCUT2D eigenvalue weighted by Gasteiger charge is 2.48. The smallest absolute Gasteiger partial charge is 0.301 e. The molecule has 1 aliphatic rings. The third kappa shape index (κ3) is 4.88. The van der Waals surface area contributed by atoms with Crippen LogP contribution in [0.2, 0.25) is 0 Å². The number of hydrogen-bond donors (Lipinski definition) is 1. The number of aryl methyl sites for hydroxylation is 1. The Morgan fingerprint density at radius 3 is 2.59 bits per heavy atom. The summed E-state index contributed by atoms with van der Waals surface area (Å²) in [7, 11) is 0. The fraction of sp³-hybridized carbons (Fsp3) is 0.167. The molecule has 3 aromatic carbocycles. The zero-order valence-electron chi connectivity index (χ0n) is 21.3. The van der Waals surface area contributed by atoms with Crippen LogP contribution in [0.3, 0.4) is 0 Å². The highest BCUT2D eigenvalue weighted by molar-refractivity contribution is 7.22. The molecule has 1 amide bonds. The van der Waals surface area contributed by atoms with E-state index in [0.717, 1.165) is 16.9 Å². The molecule has 1 atom stereocenters. The Balaban J connectivity index is 1.72. The molecule has 9 heteroatoms. The average molecular weight is 545 g/mol. The van der Waals surface area contributed by atoms with Crippen molar-refractivity contribution in [1.29, 1.82) is 0 Å². The zero-order valence-corrected chi connectivity index (χ0v) is 22.1. The maximum atomic E-state index is 13.9. The number of hydrogen-bond acceptors (Lipinski definition) is 7. The highest BCUT2D eigenvalue weighted by Crippen LogP contribution is 2.46. The molecule has 7 nitrogen and oxygen atoms in total. The van der Waals surface area contributed by atoms with Gasteiger partial charge in [0.25, 0.3) is 5.78 Å². The fourth-order valence-corrected chi connectivity index (χ4v) is 5.45. The van der Waals surface area contributed by atoms with E-state index < -0.39 is 23.5 Å². The van der Waals surface area contributed by atoms with E-state index in [1.54, 1.807) is 48.5 Å². The monoisotopic (exact) mass is 544 g/mol. The van der Waals surface area contributed by atoms with Crippen LogP contribution in [-0.4, -0.2) is 35.0 Å². The van der Waals surface area contributed by atoms with Crippen LogP contribution in [0, 0.1) is 12.7 Å². The first-order chi connectivity index (χ1) is 18.8. The number of halogens is 1. The van der Waals surface area contributed by atoms with E-state index in [9.17, 15) is 19.1 Å². The molecule has 4 aromatic rings. The van der Waals surface area contributed by atoms with Crippen molar-refractivity contribution in [1.82, 2.24) is 4.98 Å². The zero-order chi connectivity index (χ0) is 27.7. The molecule has 39 heavy (non-hydrogen) atoms. The molecule has 1 N–H and O–H groups in total. The van der Waals surface area contributed by atoms with Gasteiger partial charge in [-0.2, -0.15) is 0 Å². The average Bonchev–Trinajstić information content (AvgIpc) is 3.45. The summed E-state index contributed by atoms with van der Waals surface area (Å²) in [6, 6.07) is 15.2. The number of carbonyl (C=O) groups excluding carboxylic acids is 2. The Labute approximate surface area is 228 Å². The topological polar surface area (TPSA) is 89.0 Å². The predicted molar refractivity (Wildman–Crippen MR) is 149 cm³/mol. The quantitative estimate of drug-likeness (QED) is 0.121. The maximum Gasteiger partial charge on any atom is 0.301 e. The minimum absolute atomic E-state index is 0.0866. The maximum absolute atomic E-state index is 13.9. The molecular weight excluding hydrogens is 519 g/mol. The van der Waals surface area contributed by atoms with Crippen molar-refractivity contribution in [3.05, 3.63) is 101 Å². The number of anilines is 1. The summed E-state index contributed by atoms with van der Waals surface area (Å²) in [5.74, 6) is -1.58. The van der Waals surface area contributed by atoms with Crippen molar-refractivity contribution in [2.45, 2.75) is 19.9 Å². The second-order valence-electron chi connectivity index (χ2n) is 8.88. The Hall–Kier alpha value is -4.50. The molecular formula is C30H25FN2O5S. The van der Waals surface area contributed by atoms with Gasteiger partial charge >= 0.3 is 5.91 Å². The molecule has 0 bridgehead atoms. The number of ether oxygens (including phenoxy) is 2. The number of fused-ring (bicyclic) bond motifs is 1. The predicted octanol–water partition coefficient (Wildman–Crippen LogP) is 6.33. The third-order valence-corrected chi connectivity index (χ3v) is 7.27. The van der Waals surface area contributed by atoms with Crippen LogP contribution in [0.5, 0.6) is 11.5 Å². The Bertz CT molecular complexity index is 1630. The normalized spacial score (nSPS) is 16.6. The number of carbonyl (C=O) groups is 2. The third-order valence-electron chi connectivity index (χ3n) is 6.25. The second-order valence-corrected chi connectivity index (χ2v) is 9.89. The summed E-state index contributed by atoms with van der Waals surface area (Å²) < 4.78 is 25.9. The molecule has 1 aromatic heterocycles. The summed E-state index contributed by atoms with van der Waals surface area (Å²) in [5, 5.41) is 11.6. The number of nitrogens with zero attached hydrogens (tertiary/aromatic N) is 2. The van der Waals surface area contributed by atoms with Crippen LogP contribution < -0.4 is 14.4 Å². The molecule has 1 aliphatic heterocycles. The number of Topliss-reactive ketones (excluding diaryl/α,β-unsaturated/α-hetero) is 1. The van der Waals surface area contributed by atoms with Crippen molar-refractivity contribution in [2.24, 2.45) is 0 Å². The summed E-state index contributed by atoms with van der Waals surface area (Å²) >= 11 is 1.08. The molecule has 5 rings (SSSR count). The highest BCUT2D eigenvalue weighted by atomic mass is 32.1. The van der Waals surface area contributed by atoms with E-state index in [4.69, 9.17) is 9.47 Å². The first kappa shape index (κ1) is 26.1. The first-order valence-corrected chi connectivity index (χ1v) is 13.1. The molecule has 198 valence electrons. The van der Waals surface area contributed by atoms with Gasteiger partial charge in [0.2, 0.25) is 0 Å². The summed E-state index contributed by atoms with van der Waals surface area (Å²) in [4.78, 5) is 32.8. The number of aromatic nitrogens is 1. The second kappa shape index (κ2) is 10.7. The van der Waals surface area contributed by atoms with Gasteiger partial charge in [-0.3, -0.25) is 14.5 Å². The van der Waals surface area contributed by atoms with Gasteiger partial charge in [-0.25, -0.2) is 9.37 Å². The fourth-order valence-electron chi connectivity index (χ4n) is 4.43. The van der Waals surface area contributed by atoms with Crippen LogP contribution in [0.25, 0.3) is 16.0 Å². The van der Waals surface area contributed by atoms with E-state index in [1.807, 2.05) is 13.8 Å². The van der Waals surface area contributed by atoms with Gasteiger partial charge in [-0.1, -0.05) is 59.9 Å². The Morgan fingerprint density at radius 1 is 1.10 bits per heavy atom. The van der Waals surface area contributed by atoms with Crippen LogP contribution in [0.15, 0.2) is 78.9 Å². The Morgan fingerprint density at radius 2 is 1.87 bits per heavy atom. The number of ketones is 1. The molecule has 1 fully saturated rings. The summed E-state index contributed by atoms with van der Waals surface area (Å²) in [5.41, 5.74) is 2.27. The standard InChI is InChI=1S/C30H25FN2O5S/c1-4-14-38-22-13-10-19(15-23(22)37-5-2)26-25(27(34)18-8-6-17(3)7-9-18)28(35)29(36)33(26)30-32-21-12-11-20(31)16-24(21)39-30/h4,6-13,15-16,26,34H,1,5,14H2,2-3H3/b27-25+. The molecule has 0 aliphatic carbocycles. The van der Waals surface area contributed by atoms with E-state index in [-0.39, 0.29) is 23.1 Å². The summed E-state index contributed by atoms with van der Waals surface area (Å²) in [6.45, 7) is 8.01. The molecule has 2 heterocycles. The van der Waals surface area contributed by atoms with E-state index in [2.05, 4.69) is 11.6 Å². The van der Waals surface area contributed by atoms with Crippen molar-refractivity contribution in [3.8, 4) is 11.5 Å². The minimum atomic E-state index is -1.02. The van der Waals surface area contributed by atoms with Crippen LogP contribution in [-0.2, 0) is 9.59 Å². The number of thiazole rings is 1. The van der Waals surface area contributed by atoms with Gasteiger partial charge in [-0.15, -0.1) is 0 Å². The van der Waals surface area contributed by atoms with Crippen molar-refractivity contribution >= 4 is 44.1 Å². The summed E-state index contributed by atoms with van der Waals surface area (Å²) in [6.07, 6.45) is 1.61. The van der Waals surface area contributed by atoms with Gasteiger partial charge in [0.05, 0.1) is 28.4 Å².